The molecule has 0 unspecified atom stereocenters. The Hall–Kier alpha value is -2.24. The molecule has 0 saturated carbocycles. The van der Waals surface area contributed by atoms with Crippen molar-refractivity contribution in [1.29, 1.82) is 0 Å². The molecule has 16 heavy (non-hydrogen) atoms. The summed E-state index contributed by atoms with van der Waals surface area (Å²) in [5.74, 6) is -1.57. The van der Waals surface area contributed by atoms with Crippen molar-refractivity contribution in [2.75, 3.05) is 19.5 Å². The second-order valence-corrected chi connectivity index (χ2v) is 2.96. The third kappa shape index (κ3) is 3.16. The summed E-state index contributed by atoms with van der Waals surface area (Å²) in [7, 11) is 1.43. The van der Waals surface area contributed by atoms with E-state index in [4.69, 9.17) is 15.6 Å². The number of carboxylic acids is 1. The fraction of sp³-hybridized carbons (Fsp3) is 0.200. The highest BCUT2D eigenvalue weighted by Gasteiger charge is 2.11. The molecule has 3 N–H and O–H groups in total. The van der Waals surface area contributed by atoms with Gasteiger partial charge in [0.05, 0.1) is 12.7 Å². The van der Waals surface area contributed by atoms with Gasteiger partial charge < -0.3 is 20.3 Å². The van der Waals surface area contributed by atoms with Gasteiger partial charge in [0.1, 0.15) is 5.75 Å². The predicted molar refractivity (Wildman–Crippen MR) is 55.3 cm³/mol. The average Bonchev–Trinajstić information content (AvgIpc) is 2.24. The first kappa shape index (κ1) is 11.8. The van der Waals surface area contributed by atoms with Gasteiger partial charge in [0.25, 0.3) is 0 Å². The van der Waals surface area contributed by atoms with Crippen LogP contribution in [0.25, 0.3) is 0 Å². The fourth-order valence-corrected chi connectivity index (χ4v) is 1.07. The minimum absolute atomic E-state index is 0.151. The van der Waals surface area contributed by atoms with Gasteiger partial charge >= 0.3 is 11.9 Å². The van der Waals surface area contributed by atoms with Gasteiger partial charge in [0, 0.05) is 11.8 Å². The van der Waals surface area contributed by atoms with E-state index in [-0.39, 0.29) is 5.56 Å². The highest BCUT2D eigenvalue weighted by Crippen LogP contribution is 2.18. The van der Waals surface area contributed by atoms with Crippen LogP contribution < -0.4 is 10.5 Å². The molecule has 1 rings (SSSR count). The average molecular weight is 225 g/mol. The van der Waals surface area contributed by atoms with E-state index in [1.165, 1.54) is 25.3 Å². The number of hydrogen-bond acceptors (Lipinski definition) is 5. The normalized spacial score (nSPS) is 9.56. The molecule has 0 heterocycles. The number of aliphatic carboxylic acids is 1. The number of ether oxygens (including phenoxy) is 2. The van der Waals surface area contributed by atoms with E-state index in [2.05, 4.69) is 4.74 Å². The van der Waals surface area contributed by atoms with E-state index in [1.807, 2.05) is 0 Å². The monoisotopic (exact) mass is 225 g/mol. The second-order valence-electron chi connectivity index (χ2n) is 2.96. The number of methoxy groups -OCH3 is 1. The third-order valence-corrected chi connectivity index (χ3v) is 1.73. The van der Waals surface area contributed by atoms with Crippen molar-refractivity contribution in [3.8, 4) is 5.75 Å². The van der Waals surface area contributed by atoms with Gasteiger partial charge in [-0.2, -0.15) is 0 Å². The van der Waals surface area contributed by atoms with E-state index in [0.717, 1.165) is 0 Å². The number of nitrogens with two attached hydrogens (primary N) is 1. The minimum atomic E-state index is -1.22. The van der Waals surface area contributed by atoms with Crippen LogP contribution in [0.5, 0.6) is 5.75 Å². The lowest BCUT2D eigenvalue weighted by molar-refractivity contribution is -0.140. The van der Waals surface area contributed by atoms with Crippen LogP contribution in [0, 0.1) is 0 Å². The Balaban J connectivity index is 2.82. The molecule has 0 aliphatic carbocycles. The molecular formula is C10H11NO5. The lowest BCUT2D eigenvalue weighted by Gasteiger charge is -2.05. The summed E-state index contributed by atoms with van der Waals surface area (Å²) in [6.45, 7) is -0.685. The first-order valence-corrected chi connectivity index (χ1v) is 4.36. The Labute approximate surface area is 91.6 Å². The number of carbonyl (C=O) groups excluding carboxylic acids is 1. The van der Waals surface area contributed by atoms with Crippen molar-refractivity contribution in [3.63, 3.8) is 0 Å². The number of carbonyl (C=O) groups is 2. The van der Waals surface area contributed by atoms with E-state index in [0.29, 0.717) is 11.4 Å². The van der Waals surface area contributed by atoms with Crippen LogP contribution in [0.4, 0.5) is 5.69 Å². The van der Waals surface area contributed by atoms with Crippen molar-refractivity contribution in [3.05, 3.63) is 23.8 Å². The molecular weight excluding hydrogens is 214 g/mol. The molecule has 0 aromatic heterocycles. The van der Waals surface area contributed by atoms with Crippen LogP contribution in [-0.2, 0) is 9.53 Å². The maximum atomic E-state index is 11.4. The van der Waals surface area contributed by atoms with Crippen LogP contribution in [-0.4, -0.2) is 30.8 Å². The molecule has 0 fully saturated rings. The molecule has 0 bridgehead atoms. The van der Waals surface area contributed by atoms with Gasteiger partial charge in [-0.1, -0.05) is 0 Å². The van der Waals surface area contributed by atoms with Crippen LogP contribution in [0.2, 0.25) is 0 Å². The molecule has 0 spiro atoms. The molecule has 0 aliphatic heterocycles. The fourth-order valence-electron chi connectivity index (χ4n) is 1.07. The molecule has 0 saturated heterocycles. The summed E-state index contributed by atoms with van der Waals surface area (Å²) in [5.41, 5.74) is 6.01. The highest BCUT2D eigenvalue weighted by molar-refractivity contribution is 5.92. The minimum Gasteiger partial charge on any atom is -0.497 e. The van der Waals surface area contributed by atoms with Crippen molar-refractivity contribution in [2.24, 2.45) is 0 Å². The highest BCUT2D eigenvalue weighted by atomic mass is 16.5. The van der Waals surface area contributed by atoms with Crippen LogP contribution in [0.3, 0.4) is 0 Å². The topological polar surface area (TPSA) is 98.9 Å². The Bertz CT molecular complexity index is 416. The molecule has 1 aromatic rings. The van der Waals surface area contributed by atoms with Gasteiger partial charge in [-0.05, 0) is 12.1 Å². The van der Waals surface area contributed by atoms with Crippen molar-refractivity contribution >= 4 is 17.6 Å². The van der Waals surface area contributed by atoms with Crippen molar-refractivity contribution < 1.29 is 24.2 Å². The van der Waals surface area contributed by atoms with Gasteiger partial charge in [0.2, 0.25) is 0 Å². The van der Waals surface area contributed by atoms with Gasteiger partial charge in [0.15, 0.2) is 6.61 Å². The van der Waals surface area contributed by atoms with E-state index in [1.54, 1.807) is 0 Å². The maximum Gasteiger partial charge on any atom is 0.341 e. The Morgan fingerprint density at radius 2 is 2.06 bits per heavy atom. The molecule has 0 aliphatic rings. The van der Waals surface area contributed by atoms with Crippen molar-refractivity contribution in [2.45, 2.75) is 0 Å². The zero-order valence-electron chi connectivity index (χ0n) is 8.60. The zero-order chi connectivity index (χ0) is 12.1. The lowest BCUT2D eigenvalue weighted by Crippen LogP contribution is -2.13. The SMILES string of the molecule is COc1cc(N)cc(C(=O)OCC(=O)O)c1. The van der Waals surface area contributed by atoms with Gasteiger partial charge in [-0.15, -0.1) is 0 Å². The van der Waals surface area contributed by atoms with Crippen LogP contribution in [0.1, 0.15) is 10.4 Å². The summed E-state index contributed by atoms with van der Waals surface area (Å²) >= 11 is 0. The number of esters is 1. The first-order valence-electron chi connectivity index (χ1n) is 4.36. The largest absolute Gasteiger partial charge is 0.497 e. The Kier molecular flexibility index (Phi) is 3.71. The zero-order valence-corrected chi connectivity index (χ0v) is 8.60. The number of hydrogen-bond donors (Lipinski definition) is 2. The molecule has 0 atom stereocenters. The number of nitrogen functional groups attached to an aromatic ring is 1. The first-order chi connectivity index (χ1) is 7.52. The van der Waals surface area contributed by atoms with Crippen LogP contribution >= 0.6 is 0 Å². The van der Waals surface area contributed by atoms with E-state index in [9.17, 15) is 9.59 Å². The van der Waals surface area contributed by atoms with Crippen molar-refractivity contribution in [1.82, 2.24) is 0 Å². The molecule has 1 aromatic carbocycles. The standard InChI is InChI=1S/C10H11NO5/c1-15-8-3-6(2-7(11)4-8)10(14)16-5-9(12)13/h2-4H,5,11H2,1H3,(H,12,13). The third-order valence-electron chi connectivity index (χ3n) is 1.73. The second kappa shape index (κ2) is 5.01. The molecule has 0 amide bonds. The molecule has 6 nitrogen and oxygen atoms in total. The number of carboxylic acid groups (broad SMARTS) is 1. The van der Waals surface area contributed by atoms with Gasteiger partial charge in [-0.25, -0.2) is 9.59 Å². The van der Waals surface area contributed by atoms with E-state index < -0.39 is 18.5 Å². The molecule has 6 heteroatoms. The summed E-state index contributed by atoms with van der Waals surface area (Å²) < 4.78 is 9.40. The summed E-state index contributed by atoms with van der Waals surface area (Å²) in [4.78, 5) is 21.6. The number of benzene rings is 1. The number of rotatable bonds is 4. The summed E-state index contributed by atoms with van der Waals surface area (Å²) in [5, 5.41) is 8.34. The molecule has 0 radical (unpaired) electrons. The lowest BCUT2D eigenvalue weighted by atomic mass is 10.2. The maximum absolute atomic E-state index is 11.4. The Morgan fingerprint density at radius 1 is 1.38 bits per heavy atom. The molecule has 86 valence electrons. The summed E-state index contributed by atoms with van der Waals surface area (Å²) in [6, 6.07) is 4.33. The van der Waals surface area contributed by atoms with Gasteiger partial charge in [-0.3, -0.25) is 0 Å². The quantitative estimate of drug-likeness (QED) is 0.572. The Morgan fingerprint density at radius 3 is 2.62 bits per heavy atom. The predicted octanol–water partition coefficient (Wildman–Crippen LogP) is 0.519. The smallest absolute Gasteiger partial charge is 0.341 e. The van der Waals surface area contributed by atoms with Crippen LogP contribution in [0.15, 0.2) is 18.2 Å². The number of anilines is 1. The van der Waals surface area contributed by atoms with E-state index >= 15 is 0 Å². The summed E-state index contributed by atoms with van der Waals surface area (Å²) in [6.07, 6.45) is 0.